The molecule has 118 valence electrons. The molecule has 0 atom stereocenters. The molecular formula is C14H23N3O3S. The van der Waals surface area contributed by atoms with Crippen LogP contribution in [0.2, 0.25) is 0 Å². The highest BCUT2D eigenvalue weighted by Crippen LogP contribution is 2.22. The van der Waals surface area contributed by atoms with E-state index < -0.39 is 9.84 Å². The molecule has 0 radical (unpaired) electrons. The molecule has 0 aliphatic rings. The molecule has 1 aromatic rings. The fourth-order valence-electron chi connectivity index (χ4n) is 1.65. The zero-order chi connectivity index (χ0) is 16.0. The SMILES string of the molecule is CC(C)CNC(=O)CCNc1ccc(S(C)(=O)=O)cc1N. The Kier molecular flexibility index (Phi) is 6.02. The van der Waals surface area contributed by atoms with Gasteiger partial charge in [0.25, 0.3) is 0 Å². The lowest BCUT2D eigenvalue weighted by atomic mass is 10.2. The Hall–Kier alpha value is -1.76. The zero-order valence-electron chi connectivity index (χ0n) is 12.6. The van der Waals surface area contributed by atoms with Crippen molar-refractivity contribution in [1.29, 1.82) is 0 Å². The molecule has 0 unspecified atom stereocenters. The quantitative estimate of drug-likeness (QED) is 0.658. The number of rotatable bonds is 7. The van der Waals surface area contributed by atoms with Crippen LogP contribution in [0.5, 0.6) is 0 Å². The van der Waals surface area contributed by atoms with Crippen molar-refractivity contribution in [3.05, 3.63) is 18.2 Å². The van der Waals surface area contributed by atoms with Gasteiger partial charge in [0.15, 0.2) is 9.84 Å². The molecule has 4 N–H and O–H groups in total. The fraction of sp³-hybridized carbons (Fsp3) is 0.500. The molecule has 0 saturated carbocycles. The minimum absolute atomic E-state index is 0.0254. The summed E-state index contributed by atoms with van der Waals surface area (Å²) < 4.78 is 22.8. The van der Waals surface area contributed by atoms with Gasteiger partial charge in [-0.3, -0.25) is 4.79 Å². The van der Waals surface area contributed by atoms with E-state index in [0.717, 1.165) is 6.26 Å². The summed E-state index contributed by atoms with van der Waals surface area (Å²) >= 11 is 0. The van der Waals surface area contributed by atoms with Gasteiger partial charge >= 0.3 is 0 Å². The van der Waals surface area contributed by atoms with Gasteiger partial charge < -0.3 is 16.4 Å². The van der Waals surface area contributed by atoms with E-state index in [9.17, 15) is 13.2 Å². The Bertz CT molecular complexity index is 597. The highest BCUT2D eigenvalue weighted by Gasteiger charge is 2.09. The van der Waals surface area contributed by atoms with Gasteiger partial charge in [-0.25, -0.2) is 8.42 Å². The average molecular weight is 313 g/mol. The third-order valence-corrected chi connectivity index (χ3v) is 3.94. The summed E-state index contributed by atoms with van der Waals surface area (Å²) in [6.07, 6.45) is 1.47. The Balaban J connectivity index is 2.51. The van der Waals surface area contributed by atoms with Crippen molar-refractivity contribution < 1.29 is 13.2 Å². The first-order valence-corrected chi connectivity index (χ1v) is 8.69. The number of carbonyl (C=O) groups is 1. The number of amides is 1. The number of nitrogen functional groups attached to an aromatic ring is 1. The smallest absolute Gasteiger partial charge is 0.221 e. The van der Waals surface area contributed by atoms with E-state index in [1.807, 2.05) is 13.8 Å². The maximum atomic E-state index is 11.5. The lowest BCUT2D eigenvalue weighted by Crippen LogP contribution is -2.28. The largest absolute Gasteiger partial charge is 0.397 e. The molecule has 21 heavy (non-hydrogen) atoms. The molecule has 0 aromatic heterocycles. The lowest BCUT2D eigenvalue weighted by Gasteiger charge is -2.11. The number of nitrogens with two attached hydrogens (primary N) is 1. The number of hydrogen-bond donors (Lipinski definition) is 3. The minimum atomic E-state index is -3.26. The Labute approximate surface area is 126 Å². The van der Waals surface area contributed by atoms with Crippen LogP contribution >= 0.6 is 0 Å². The maximum Gasteiger partial charge on any atom is 0.221 e. The van der Waals surface area contributed by atoms with E-state index >= 15 is 0 Å². The highest BCUT2D eigenvalue weighted by atomic mass is 32.2. The molecular weight excluding hydrogens is 290 g/mol. The van der Waals surface area contributed by atoms with Gasteiger partial charge in [-0.15, -0.1) is 0 Å². The standard InChI is InChI=1S/C14H23N3O3S/c1-10(2)9-17-14(18)6-7-16-13-5-4-11(8-12(13)15)21(3,19)20/h4-5,8,10,16H,6-7,9,15H2,1-3H3,(H,17,18). The third kappa shape index (κ3) is 6.03. The predicted molar refractivity (Wildman–Crippen MR) is 84.9 cm³/mol. The van der Waals surface area contributed by atoms with E-state index in [2.05, 4.69) is 10.6 Å². The molecule has 1 rings (SSSR count). The molecule has 0 aliphatic heterocycles. The Morgan fingerprint density at radius 2 is 2.00 bits per heavy atom. The van der Waals surface area contributed by atoms with Crippen molar-refractivity contribution in [3.63, 3.8) is 0 Å². The molecule has 0 heterocycles. The van der Waals surface area contributed by atoms with Gasteiger partial charge in [-0.05, 0) is 24.1 Å². The summed E-state index contributed by atoms with van der Waals surface area (Å²) in [6, 6.07) is 4.51. The summed E-state index contributed by atoms with van der Waals surface area (Å²) in [6.45, 7) is 5.15. The maximum absolute atomic E-state index is 11.5. The van der Waals surface area contributed by atoms with Crippen molar-refractivity contribution in [1.82, 2.24) is 5.32 Å². The number of sulfone groups is 1. The minimum Gasteiger partial charge on any atom is -0.397 e. The van der Waals surface area contributed by atoms with Gasteiger partial charge in [0, 0.05) is 25.8 Å². The topological polar surface area (TPSA) is 101 Å². The van der Waals surface area contributed by atoms with E-state index in [1.54, 1.807) is 6.07 Å². The molecule has 0 saturated heterocycles. The molecule has 1 aromatic carbocycles. The molecule has 0 fully saturated rings. The number of hydrogen-bond acceptors (Lipinski definition) is 5. The Morgan fingerprint density at radius 3 is 2.52 bits per heavy atom. The van der Waals surface area contributed by atoms with Crippen LogP contribution in [-0.4, -0.2) is 33.7 Å². The molecule has 7 heteroatoms. The summed E-state index contributed by atoms with van der Waals surface area (Å²) in [5.74, 6) is 0.392. The zero-order valence-corrected chi connectivity index (χ0v) is 13.5. The molecule has 0 bridgehead atoms. The second-order valence-corrected chi connectivity index (χ2v) is 7.41. The Morgan fingerprint density at radius 1 is 1.33 bits per heavy atom. The van der Waals surface area contributed by atoms with Crippen LogP contribution in [0.15, 0.2) is 23.1 Å². The van der Waals surface area contributed by atoms with Gasteiger partial charge in [0.1, 0.15) is 0 Å². The summed E-state index contributed by atoms with van der Waals surface area (Å²) in [4.78, 5) is 11.7. The second kappa shape index (κ2) is 7.31. The van der Waals surface area contributed by atoms with Crippen LogP contribution < -0.4 is 16.4 Å². The third-order valence-electron chi connectivity index (χ3n) is 2.83. The monoisotopic (exact) mass is 313 g/mol. The molecule has 6 nitrogen and oxygen atoms in total. The summed E-state index contributed by atoms with van der Waals surface area (Å²) in [5.41, 5.74) is 6.78. The summed E-state index contributed by atoms with van der Waals surface area (Å²) in [5, 5.41) is 5.85. The molecule has 1 amide bonds. The van der Waals surface area contributed by atoms with Gasteiger partial charge in [-0.2, -0.15) is 0 Å². The first kappa shape index (κ1) is 17.3. The number of benzene rings is 1. The highest BCUT2D eigenvalue weighted by molar-refractivity contribution is 7.90. The molecule has 0 aliphatic carbocycles. The van der Waals surface area contributed by atoms with E-state index in [0.29, 0.717) is 36.8 Å². The first-order valence-electron chi connectivity index (χ1n) is 6.80. The van der Waals surface area contributed by atoms with E-state index in [1.165, 1.54) is 12.1 Å². The predicted octanol–water partition coefficient (Wildman–Crippen LogP) is 1.25. The van der Waals surface area contributed by atoms with Gasteiger partial charge in [-0.1, -0.05) is 13.8 Å². The van der Waals surface area contributed by atoms with Crippen molar-refractivity contribution in [2.75, 3.05) is 30.4 Å². The van der Waals surface area contributed by atoms with Crippen molar-refractivity contribution in [2.24, 2.45) is 5.92 Å². The van der Waals surface area contributed by atoms with Gasteiger partial charge in [0.05, 0.1) is 16.3 Å². The van der Waals surface area contributed by atoms with Crippen LogP contribution in [0.4, 0.5) is 11.4 Å². The van der Waals surface area contributed by atoms with Crippen LogP contribution in [-0.2, 0) is 14.6 Å². The van der Waals surface area contributed by atoms with Crippen molar-refractivity contribution in [3.8, 4) is 0 Å². The molecule has 0 spiro atoms. The van der Waals surface area contributed by atoms with Crippen molar-refractivity contribution in [2.45, 2.75) is 25.2 Å². The number of carbonyl (C=O) groups excluding carboxylic acids is 1. The number of anilines is 2. The van der Waals surface area contributed by atoms with Crippen LogP contribution in [0.1, 0.15) is 20.3 Å². The van der Waals surface area contributed by atoms with Gasteiger partial charge in [0.2, 0.25) is 5.91 Å². The second-order valence-electron chi connectivity index (χ2n) is 5.40. The van der Waals surface area contributed by atoms with E-state index in [4.69, 9.17) is 5.73 Å². The normalized spacial score (nSPS) is 11.4. The average Bonchev–Trinajstić information content (AvgIpc) is 2.37. The lowest BCUT2D eigenvalue weighted by molar-refractivity contribution is -0.120. The summed E-state index contributed by atoms with van der Waals surface area (Å²) in [7, 11) is -3.26. The van der Waals surface area contributed by atoms with Crippen LogP contribution in [0, 0.1) is 5.92 Å². The number of nitrogens with one attached hydrogen (secondary N) is 2. The van der Waals surface area contributed by atoms with Crippen molar-refractivity contribution >= 4 is 27.1 Å². The van der Waals surface area contributed by atoms with Crippen LogP contribution in [0.25, 0.3) is 0 Å². The fourth-order valence-corrected chi connectivity index (χ4v) is 2.31. The van der Waals surface area contributed by atoms with E-state index in [-0.39, 0.29) is 10.8 Å². The first-order chi connectivity index (χ1) is 9.70. The van der Waals surface area contributed by atoms with Crippen LogP contribution in [0.3, 0.4) is 0 Å².